The van der Waals surface area contributed by atoms with E-state index < -0.39 is 6.17 Å². The van der Waals surface area contributed by atoms with E-state index in [4.69, 9.17) is 31.3 Å². The molecule has 4 atom stereocenters. The zero-order chi connectivity index (χ0) is 29.3. The Morgan fingerprint density at radius 3 is 2.81 bits per heavy atom. The van der Waals surface area contributed by atoms with Crippen molar-refractivity contribution in [1.82, 2.24) is 24.8 Å². The van der Waals surface area contributed by atoms with Crippen molar-refractivity contribution in [3.05, 3.63) is 66.2 Å². The highest BCUT2D eigenvalue weighted by molar-refractivity contribution is 6.36. The highest BCUT2D eigenvalue weighted by atomic mass is 35.5. The highest BCUT2D eigenvalue weighted by Gasteiger charge is 2.51. The van der Waals surface area contributed by atoms with Crippen LogP contribution in [-0.4, -0.2) is 87.2 Å². The number of hydrogen-bond donors (Lipinski definition) is 0. The van der Waals surface area contributed by atoms with Crippen LogP contribution in [0.2, 0.25) is 5.02 Å². The van der Waals surface area contributed by atoms with Crippen molar-refractivity contribution < 1.29 is 13.9 Å². The molecule has 8 nitrogen and oxygen atoms in total. The summed E-state index contributed by atoms with van der Waals surface area (Å²) in [6.07, 6.45) is 3.81. The van der Waals surface area contributed by atoms with Crippen LogP contribution in [0, 0.1) is 0 Å². The van der Waals surface area contributed by atoms with E-state index in [0.29, 0.717) is 43.3 Å². The van der Waals surface area contributed by atoms with Crippen LogP contribution in [0.4, 0.5) is 10.2 Å². The number of rotatable bonds is 6. The molecule has 1 amide bonds. The van der Waals surface area contributed by atoms with E-state index in [1.807, 2.05) is 53.4 Å². The molecule has 0 N–H and O–H groups in total. The number of anilines is 1. The fourth-order valence-electron chi connectivity index (χ4n) is 7.82. The molecule has 0 aliphatic carbocycles. The van der Waals surface area contributed by atoms with Gasteiger partial charge in [0.05, 0.1) is 28.7 Å². The van der Waals surface area contributed by atoms with Crippen molar-refractivity contribution in [2.75, 3.05) is 37.7 Å². The van der Waals surface area contributed by atoms with Crippen LogP contribution < -0.4 is 9.64 Å². The molecule has 2 aromatic heterocycles. The lowest BCUT2D eigenvalue weighted by Crippen LogP contribution is -2.63. The Bertz CT molecular complexity index is 1780. The lowest BCUT2D eigenvalue weighted by Gasteiger charge is -2.47. The maximum absolute atomic E-state index is 14.4. The van der Waals surface area contributed by atoms with Gasteiger partial charge >= 0.3 is 6.01 Å². The second-order valence-electron chi connectivity index (χ2n) is 12.2. The number of carbonyl (C=O) groups excluding carboxylic acids is 1. The van der Waals surface area contributed by atoms with Crippen molar-refractivity contribution >= 4 is 45.1 Å². The van der Waals surface area contributed by atoms with E-state index >= 15 is 0 Å². The fraction of sp³-hybridized carbons (Fsp3) is 0.394. The van der Waals surface area contributed by atoms with Crippen molar-refractivity contribution in [2.24, 2.45) is 0 Å². The topological polar surface area (TPSA) is 74.7 Å². The number of hydrogen-bond acceptors (Lipinski definition) is 7. The van der Waals surface area contributed by atoms with Crippen LogP contribution in [0.25, 0.3) is 33.1 Å². The molecule has 0 spiro atoms. The lowest BCUT2D eigenvalue weighted by atomic mass is 9.95. The molecule has 6 heterocycles. The van der Waals surface area contributed by atoms with Gasteiger partial charge in [0.25, 0.3) is 0 Å². The molecule has 10 heteroatoms. The normalized spacial score (nSPS) is 26.5. The predicted octanol–water partition coefficient (Wildman–Crippen LogP) is 5.43. The summed E-state index contributed by atoms with van der Waals surface area (Å²) in [5, 5.41) is 3.46. The average molecular weight is 599 g/mol. The Balaban J connectivity index is 1.19. The first-order chi connectivity index (χ1) is 20.9. The molecule has 0 bridgehead atoms. The highest BCUT2D eigenvalue weighted by Crippen LogP contribution is 2.42. The number of likely N-dealkylation sites (tertiary alicyclic amines) is 1. The zero-order valence-corrected chi connectivity index (χ0v) is 24.5. The summed E-state index contributed by atoms with van der Waals surface area (Å²) < 4.78 is 20.8. The molecular formula is C33H32ClFN6O2. The summed E-state index contributed by atoms with van der Waals surface area (Å²) in [6.45, 7) is 6.72. The van der Waals surface area contributed by atoms with Gasteiger partial charge in [-0.1, -0.05) is 48.5 Å². The van der Waals surface area contributed by atoms with E-state index in [2.05, 4.69) is 16.4 Å². The number of fused-ring (bicyclic) bond motifs is 4. The van der Waals surface area contributed by atoms with E-state index in [1.165, 1.54) is 6.08 Å². The van der Waals surface area contributed by atoms with Gasteiger partial charge in [0.1, 0.15) is 18.6 Å². The second kappa shape index (κ2) is 10.1. The van der Waals surface area contributed by atoms with E-state index in [-0.39, 0.29) is 29.5 Å². The second-order valence-corrected chi connectivity index (χ2v) is 12.6. The first-order valence-corrected chi connectivity index (χ1v) is 15.4. The number of pyridine rings is 1. The Hall–Kier alpha value is -3.82. The number of amides is 1. The third-order valence-corrected chi connectivity index (χ3v) is 10.2. The van der Waals surface area contributed by atoms with Crippen molar-refractivity contribution in [3.8, 4) is 17.3 Å². The number of aromatic nitrogens is 3. The van der Waals surface area contributed by atoms with Gasteiger partial charge in [-0.05, 0) is 55.5 Å². The Morgan fingerprint density at radius 1 is 1.09 bits per heavy atom. The fourth-order valence-corrected chi connectivity index (χ4v) is 8.10. The number of halogens is 2. The van der Waals surface area contributed by atoms with Crippen molar-refractivity contribution in [2.45, 2.75) is 49.5 Å². The molecule has 8 rings (SSSR count). The quantitative estimate of drug-likeness (QED) is 0.274. The van der Waals surface area contributed by atoms with Crippen molar-refractivity contribution in [3.63, 3.8) is 0 Å². The molecule has 4 aromatic rings. The van der Waals surface area contributed by atoms with Crippen LogP contribution in [-0.2, 0) is 4.79 Å². The molecule has 4 fully saturated rings. The largest absolute Gasteiger partial charge is 0.461 e. The molecule has 4 aliphatic rings. The molecule has 0 unspecified atom stereocenters. The maximum Gasteiger partial charge on any atom is 0.320 e. The van der Waals surface area contributed by atoms with Gasteiger partial charge in [0.2, 0.25) is 5.91 Å². The number of carbonyl (C=O) groups is 1. The molecule has 220 valence electrons. The first-order valence-electron chi connectivity index (χ1n) is 15.0. The van der Waals surface area contributed by atoms with Crippen LogP contribution >= 0.6 is 11.6 Å². The van der Waals surface area contributed by atoms with Gasteiger partial charge < -0.3 is 14.5 Å². The Kier molecular flexibility index (Phi) is 6.31. The minimum Gasteiger partial charge on any atom is -0.461 e. The van der Waals surface area contributed by atoms with Gasteiger partial charge in [-0.15, -0.1) is 0 Å². The number of ether oxygens (including phenoxy) is 1. The number of alkyl halides is 1. The summed E-state index contributed by atoms with van der Waals surface area (Å²) in [6, 6.07) is 16.5. The van der Waals surface area contributed by atoms with Gasteiger partial charge in [-0.3, -0.25) is 9.69 Å². The van der Waals surface area contributed by atoms with E-state index in [0.717, 1.165) is 59.0 Å². The summed E-state index contributed by atoms with van der Waals surface area (Å²) >= 11 is 6.66. The average Bonchev–Trinajstić information content (AvgIpc) is 3.64. The first kappa shape index (κ1) is 26.8. The van der Waals surface area contributed by atoms with Gasteiger partial charge in [0.15, 0.2) is 5.65 Å². The smallest absolute Gasteiger partial charge is 0.320 e. The molecule has 4 aliphatic heterocycles. The van der Waals surface area contributed by atoms with Crippen molar-refractivity contribution in [1.29, 1.82) is 0 Å². The van der Waals surface area contributed by atoms with Crippen LogP contribution in [0.3, 0.4) is 0 Å². The minimum atomic E-state index is -0.838. The summed E-state index contributed by atoms with van der Waals surface area (Å²) in [7, 11) is 0. The lowest BCUT2D eigenvalue weighted by molar-refractivity contribution is -0.127. The third-order valence-electron chi connectivity index (χ3n) is 9.90. The minimum absolute atomic E-state index is 0.0353. The summed E-state index contributed by atoms with van der Waals surface area (Å²) in [5.41, 5.74) is 1.89. The van der Waals surface area contributed by atoms with Crippen LogP contribution in [0.1, 0.15) is 25.7 Å². The summed E-state index contributed by atoms with van der Waals surface area (Å²) in [5.74, 6) is 0.714. The molecule has 0 radical (unpaired) electrons. The van der Waals surface area contributed by atoms with E-state index in [9.17, 15) is 9.18 Å². The van der Waals surface area contributed by atoms with Crippen LogP contribution in [0.5, 0.6) is 6.01 Å². The van der Waals surface area contributed by atoms with Gasteiger partial charge in [0, 0.05) is 42.0 Å². The maximum atomic E-state index is 14.4. The SMILES string of the molecule is C=CC(=O)N1CC[C@@H]2[C@H]1CN2c1nc(OC[C@@]23CCCN2C[C@H](F)C3)nc2nc(-c3cccc4cccc(Cl)c34)ccc12. The van der Waals surface area contributed by atoms with Gasteiger partial charge in [-0.25, -0.2) is 9.37 Å². The molecule has 4 saturated heterocycles. The number of benzene rings is 2. The predicted molar refractivity (Wildman–Crippen MR) is 165 cm³/mol. The monoisotopic (exact) mass is 598 g/mol. The molecule has 2 aromatic carbocycles. The summed E-state index contributed by atoms with van der Waals surface area (Å²) in [4.78, 5) is 33.5. The third kappa shape index (κ3) is 4.27. The Morgan fingerprint density at radius 2 is 1.95 bits per heavy atom. The van der Waals surface area contributed by atoms with Crippen LogP contribution in [0.15, 0.2) is 61.2 Å². The number of nitrogens with zero attached hydrogens (tertiary/aromatic N) is 6. The standard InChI is InChI=1S/C33H32ClFN6O2/c1-2-28(42)40-15-12-26-27(40)18-41(26)31-23-10-11-25(22-8-3-6-20-7-4-9-24(34)29(20)22)36-30(23)37-32(38-31)43-19-33-13-5-14-39(33)17-21(35)16-33/h2-4,6-11,21,26-27H,1,5,12-19H2/t21-,26-,27-,33+/m1/s1. The van der Waals surface area contributed by atoms with Gasteiger partial charge in [-0.2, -0.15) is 9.97 Å². The molecule has 43 heavy (non-hydrogen) atoms. The van der Waals surface area contributed by atoms with E-state index in [1.54, 1.807) is 0 Å². The zero-order valence-electron chi connectivity index (χ0n) is 23.8. The molecular weight excluding hydrogens is 567 g/mol. The Labute approximate surface area is 254 Å². The molecule has 0 saturated carbocycles.